The van der Waals surface area contributed by atoms with Crippen LogP contribution in [0.5, 0.6) is 0 Å². The number of aryl methyl sites for hydroxylation is 2. The molecule has 3 nitrogen and oxygen atoms in total. The van der Waals surface area contributed by atoms with Crippen LogP contribution in [0.15, 0.2) is 193 Å². The zero-order valence-electron chi connectivity index (χ0n) is 31.0. The summed E-state index contributed by atoms with van der Waals surface area (Å²) in [5.74, 6) is 0. The number of hydrogen-bond donors (Lipinski definition) is 1. The number of fused-ring (bicyclic) bond motifs is 1. The van der Waals surface area contributed by atoms with Crippen molar-refractivity contribution in [1.82, 2.24) is 0 Å². The predicted octanol–water partition coefficient (Wildman–Crippen LogP) is 13.8. The normalized spacial score (nSPS) is 16.4. The second-order valence-electron chi connectivity index (χ2n) is 14.7. The van der Waals surface area contributed by atoms with Gasteiger partial charge in [0.2, 0.25) is 0 Å². The molecule has 264 valence electrons. The van der Waals surface area contributed by atoms with Gasteiger partial charge in [-0.3, -0.25) is 0 Å². The second-order valence-corrected chi connectivity index (χ2v) is 14.7. The molecule has 1 N–H and O–H groups in total. The summed E-state index contributed by atoms with van der Waals surface area (Å²) in [5.41, 5.74) is 19.2. The molecule has 0 bridgehead atoms. The van der Waals surface area contributed by atoms with E-state index in [9.17, 15) is 0 Å². The summed E-state index contributed by atoms with van der Waals surface area (Å²) in [4.78, 5) is 4.81. The topological polar surface area (TPSA) is 18.5 Å². The van der Waals surface area contributed by atoms with Gasteiger partial charge in [-0.15, -0.1) is 0 Å². The number of nitrogens with zero attached hydrogens (tertiary/aromatic N) is 2. The van der Waals surface area contributed by atoms with Gasteiger partial charge in [0.25, 0.3) is 0 Å². The highest BCUT2D eigenvalue weighted by molar-refractivity contribution is 5.83. The zero-order valence-corrected chi connectivity index (χ0v) is 31.0. The first-order valence-corrected chi connectivity index (χ1v) is 19.2. The largest absolute Gasteiger partial charge is 0.359 e. The molecule has 1 aliphatic heterocycles. The fourth-order valence-corrected chi connectivity index (χ4v) is 8.09. The summed E-state index contributed by atoms with van der Waals surface area (Å²) in [6, 6.07) is 55.1. The molecule has 3 heteroatoms. The molecular weight excluding hydrogens is 655 g/mol. The van der Waals surface area contributed by atoms with Crippen molar-refractivity contribution in [3.63, 3.8) is 0 Å². The van der Waals surface area contributed by atoms with Crippen LogP contribution in [0.2, 0.25) is 0 Å². The molecule has 0 saturated heterocycles. The van der Waals surface area contributed by atoms with E-state index in [2.05, 4.69) is 205 Å². The molecule has 54 heavy (non-hydrogen) atoms. The lowest BCUT2D eigenvalue weighted by atomic mass is 9.86. The van der Waals surface area contributed by atoms with E-state index in [1.807, 2.05) is 0 Å². The van der Waals surface area contributed by atoms with E-state index in [4.69, 9.17) is 0 Å². The average Bonchev–Trinajstić information content (AvgIpc) is 3.63. The van der Waals surface area contributed by atoms with Crippen LogP contribution in [0.4, 0.5) is 28.4 Å². The van der Waals surface area contributed by atoms with Crippen molar-refractivity contribution >= 4 is 34.0 Å². The van der Waals surface area contributed by atoms with Crippen LogP contribution in [0.25, 0.3) is 16.7 Å². The number of benzene rings is 6. The van der Waals surface area contributed by atoms with Gasteiger partial charge in [-0.25, -0.2) is 0 Å². The predicted molar refractivity (Wildman–Crippen MR) is 228 cm³/mol. The molecule has 0 radical (unpaired) electrons. The molecular formula is C51H45N3. The van der Waals surface area contributed by atoms with Crippen molar-refractivity contribution in [3.05, 3.63) is 215 Å². The Kier molecular flexibility index (Phi) is 9.06. The van der Waals surface area contributed by atoms with Crippen molar-refractivity contribution in [3.8, 4) is 11.1 Å². The van der Waals surface area contributed by atoms with Gasteiger partial charge < -0.3 is 15.1 Å². The molecule has 1 atom stereocenters. The number of nitrogens with one attached hydrogen (secondary N) is 1. The van der Waals surface area contributed by atoms with Crippen molar-refractivity contribution in [1.29, 1.82) is 0 Å². The minimum atomic E-state index is 0.0342. The van der Waals surface area contributed by atoms with Crippen LogP contribution in [0.3, 0.4) is 0 Å². The van der Waals surface area contributed by atoms with Crippen molar-refractivity contribution in [2.45, 2.75) is 45.7 Å². The molecule has 6 aromatic carbocycles. The molecule has 1 heterocycles. The van der Waals surface area contributed by atoms with Crippen molar-refractivity contribution < 1.29 is 0 Å². The third-order valence-corrected chi connectivity index (χ3v) is 11.1. The van der Waals surface area contributed by atoms with Crippen LogP contribution in [0.1, 0.15) is 54.1 Å². The molecule has 6 aromatic rings. The lowest BCUT2D eigenvalue weighted by molar-refractivity contribution is 0.828. The average molecular weight is 700 g/mol. The van der Waals surface area contributed by atoms with Gasteiger partial charge in [0, 0.05) is 22.8 Å². The number of rotatable bonds is 8. The summed E-state index contributed by atoms with van der Waals surface area (Å²) < 4.78 is 0. The second kappa shape index (κ2) is 14.6. The van der Waals surface area contributed by atoms with Gasteiger partial charge in [0.05, 0.1) is 11.4 Å². The first kappa shape index (κ1) is 33.5. The third kappa shape index (κ3) is 6.70. The van der Waals surface area contributed by atoms with Crippen LogP contribution in [-0.2, 0) is 0 Å². The molecule has 0 amide bonds. The van der Waals surface area contributed by atoms with E-state index < -0.39 is 0 Å². The fraction of sp³-hybridized carbons (Fsp3) is 0.137. The molecule has 0 saturated carbocycles. The maximum absolute atomic E-state index is 3.75. The highest BCUT2D eigenvalue weighted by Gasteiger charge is 2.30. The Bertz CT molecular complexity index is 2350. The standard InChI is InChI=1S/C51H45N3/c1-36-12-30-46(31-13-36)53(47-32-14-37(2)15-33-47)48-34-28-43(29-35-48)41-22-20-39(21-23-41)38-16-18-40(19-17-38)42-24-26-44(27-25-42)51-52-49-10-6-7-11-50(49)54(51)45-8-4-3-5-9-45/h3-20,22,24-28,30-34,51-52H,21,23,29,35H2,1-2H3. The number of hydrogen-bond acceptors (Lipinski definition) is 3. The van der Waals surface area contributed by atoms with E-state index in [1.54, 1.807) is 0 Å². The molecule has 0 spiro atoms. The Labute approximate surface area is 319 Å². The van der Waals surface area contributed by atoms with Crippen molar-refractivity contribution in [2.24, 2.45) is 0 Å². The van der Waals surface area contributed by atoms with E-state index in [-0.39, 0.29) is 6.17 Å². The maximum Gasteiger partial charge on any atom is 0.130 e. The van der Waals surface area contributed by atoms with Crippen LogP contribution in [0, 0.1) is 13.8 Å². The minimum Gasteiger partial charge on any atom is -0.359 e. The third-order valence-electron chi connectivity index (χ3n) is 11.1. The van der Waals surface area contributed by atoms with Gasteiger partial charge in [-0.2, -0.15) is 0 Å². The number of para-hydroxylation sites is 3. The summed E-state index contributed by atoms with van der Waals surface area (Å²) in [6.45, 7) is 4.30. The summed E-state index contributed by atoms with van der Waals surface area (Å²) in [6.07, 6.45) is 13.6. The van der Waals surface area contributed by atoms with E-state index in [0.717, 1.165) is 31.4 Å². The van der Waals surface area contributed by atoms with Gasteiger partial charge >= 0.3 is 0 Å². The molecule has 0 aromatic heterocycles. The maximum atomic E-state index is 3.75. The molecule has 9 rings (SSSR count). The Morgan fingerprint density at radius 2 is 1.00 bits per heavy atom. The highest BCUT2D eigenvalue weighted by atomic mass is 15.3. The Morgan fingerprint density at radius 1 is 0.481 bits per heavy atom. The summed E-state index contributed by atoms with van der Waals surface area (Å²) in [7, 11) is 0. The lowest BCUT2D eigenvalue weighted by Gasteiger charge is -2.30. The molecule has 2 aliphatic carbocycles. The summed E-state index contributed by atoms with van der Waals surface area (Å²) in [5, 5.41) is 3.75. The van der Waals surface area contributed by atoms with Crippen LogP contribution in [-0.4, -0.2) is 0 Å². The SMILES string of the molecule is Cc1ccc(N(C2=CC=C(C3=CC=C(c4ccc(-c5ccc(C6Nc7ccccc7N6c6ccccc6)cc5)cc4)CC3)CC2)c2ccc(C)cc2)cc1. The van der Waals surface area contributed by atoms with Gasteiger partial charge in [0.1, 0.15) is 6.17 Å². The zero-order chi connectivity index (χ0) is 36.4. The Balaban J connectivity index is 0.897. The number of allylic oxidation sites excluding steroid dienone is 8. The van der Waals surface area contributed by atoms with Gasteiger partial charge in [-0.05, 0) is 133 Å². The minimum absolute atomic E-state index is 0.0342. The fourth-order valence-electron chi connectivity index (χ4n) is 8.09. The van der Waals surface area contributed by atoms with Crippen molar-refractivity contribution in [2.75, 3.05) is 15.1 Å². The summed E-state index contributed by atoms with van der Waals surface area (Å²) >= 11 is 0. The Morgan fingerprint density at radius 3 is 1.59 bits per heavy atom. The lowest BCUT2D eigenvalue weighted by Crippen LogP contribution is -2.23. The van der Waals surface area contributed by atoms with E-state index in [0.29, 0.717) is 0 Å². The first-order valence-electron chi connectivity index (χ1n) is 19.2. The molecule has 1 unspecified atom stereocenters. The van der Waals surface area contributed by atoms with Gasteiger partial charge in [-0.1, -0.05) is 132 Å². The number of anilines is 5. The first-order chi connectivity index (χ1) is 26.6. The van der Waals surface area contributed by atoms with Crippen LogP contribution < -0.4 is 15.1 Å². The van der Waals surface area contributed by atoms with E-state index in [1.165, 1.54) is 78.5 Å². The monoisotopic (exact) mass is 699 g/mol. The van der Waals surface area contributed by atoms with E-state index >= 15 is 0 Å². The smallest absolute Gasteiger partial charge is 0.130 e. The highest BCUT2D eigenvalue weighted by Crippen LogP contribution is 2.46. The Hall–Kier alpha value is -6.32. The van der Waals surface area contributed by atoms with Gasteiger partial charge in [0.15, 0.2) is 0 Å². The van der Waals surface area contributed by atoms with Crippen LogP contribution >= 0.6 is 0 Å². The molecule has 3 aliphatic rings. The quantitative estimate of drug-likeness (QED) is 0.171. The molecule has 0 fully saturated rings.